The second kappa shape index (κ2) is 8.89. The molecular formula is C22H19F3N6O3. The fourth-order valence-electron chi connectivity index (χ4n) is 3.31. The van der Waals surface area contributed by atoms with E-state index in [1.165, 1.54) is 31.0 Å². The number of hydrogen-bond donors (Lipinski definition) is 1. The van der Waals surface area contributed by atoms with Crippen LogP contribution in [0.4, 0.5) is 18.9 Å². The van der Waals surface area contributed by atoms with Gasteiger partial charge in [-0.15, -0.1) is 18.3 Å². The molecule has 0 unspecified atom stereocenters. The van der Waals surface area contributed by atoms with E-state index in [0.717, 1.165) is 23.5 Å². The molecule has 0 spiro atoms. The number of amides is 1. The molecule has 1 amide bonds. The summed E-state index contributed by atoms with van der Waals surface area (Å²) in [4.78, 5) is 15.8. The minimum Gasteiger partial charge on any atom is -0.495 e. The number of aryl methyl sites for hydroxylation is 1. The van der Waals surface area contributed by atoms with E-state index in [4.69, 9.17) is 4.74 Å². The zero-order valence-corrected chi connectivity index (χ0v) is 18.3. The van der Waals surface area contributed by atoms with Crippen LogP contribution in [-0.4, -0.2) is 43.9 Å². The number of aromatic nitrogens is 5. The summed E-state index contributed by atoms with van der Waals surface area (Å²) in [6.45, 7) is 3.16. The van der Waals surface area contributed by atoms with E-state index < -0.39 is 18.0 Å². The number of anilines is 1. The molecule has 0 saturated heterocycles. The van der Waals surface area contributed by atoms with Gasteiger partial charge in [-0.3, -0.25) is 4.79 Å². The Balaban J connectivity index is 1.71. The monoisotopic (exact) mass is 472 g/mol. The number of methoxy groups -OCH3 is 1. The van der Waals surface area contributed by atoms with Gasteiger partial charge in [-0.05, 0) is 31.2 Å². The van der Waals surface area contributed by atoms with Gasteiger partial charge in [-0.2, -0.15) is 0 Å². The first-order valence-corrected chi connectivity index (χ1v) is 9.92. The largest absolute Gasteiger partial charge is 0.573 e. The van der Waals surface area contributed by atoms with Crippen LogP contribution in [0.15, 0.2) is 55.1 Å². The molecule has 176 valence electrons. The standard InChI is InChI=1S/C22H19F3N6O3/c1-13-10-30(12-26-13)19-7-4-15(8-21(19)33-3)18-11-31(29-28-18)20-9-16(34-22(23,24)25)5-6-17(20)27-14(2)32/h4-12H,1-3H3,(H,27,32). The quantitative estimate of drug-likeness (QED) is 0.450. The summed E-state index contributed by atoms with van der Waals surface area (Å²) in [7, 11) is 1.54. The summed E-state index contributed by atoms with van der Waals surface area (Å²) in [6.07, 6.45) is 0.177. The minimum absolute atomic E-state index is 0.146. The van der Waals surface area contributed by atoms with E-state index in [2.05, 4.69) is 25.3 Å². The lowest BCUT2D eigenvalue weighted by molar-refractivity contribution is -0.274. The van der Waals surface area contributed by atoms with Crippen LogP contribution < -0.4 is 14.8 Å². The van der Waals surface area contributed by atoms with Crippen molar-refractivity contribution in [2.75, 3.05) is 12.4 Å². The van der Waals surface area contributed by atoms with Crippen molar-refractivity contribution in [3.05, 3.63) is 60.8 Å². The first-order chi connectivity index (χ1) is 16.1. The molecule has 0 bridgehead atoms. The van der Waals surface area contributed by atoms with Crippen LogP contribution >= 0.6 is 0 Å². The summed E-state index contributed by atoms with van der Waals surface area (Å²) in [6, 6.07) is 8.90. The first-order valence-electron chi connectivity index (χ1n) is 9.92. The lowest BCUT2D eigenvalue weighted by Crippen LogP contribution is -2.17. The predicted octanol–water partition coefficient (Wildman–Crippen LogP) is 4.29. The zero-order chi connectivity index (χ0) is 24.5. The third-order valence-electron chi connectivity index (χ3n) is 4.72. The van der Waals surface area contributed by atoms with Crippen molar-refractivity contribution in [3.8, 4) is 34.1 Å². The number of alkyl halides is 3. The van der Waals surface area contributed by atoms with E-state index in [0.29, 0.717) is 17.0 Å². The molecule has 0 aliphatic heterocycles. The fourth-order valence-corrected chi connectivity index (χ4v) is 3.31. The summed E-state index contributed by atoms with van der Waals surface area (Å²) in [5, 5.41) is 10.7. The van der Waals surface area contributed by atoms with E-state index in [1.807, 2.05) is 23.8 Å². The van der Waals surface area contributed by atoms with E-state index in [1.54, 1.807) is 18.5 Å². The van der Waals surface area contributed by atoms with Gasteiger partial charge in [0, 0.05) is 24.8 Å². The molecule has 2 heterocycles. The molecule has 4 aromatic rings. The molecule has 0 saturated carbocycles. The summed E-state index contributed by atoms with van der Waals surface area (Å²) in [5.74, 6) is -0.305. The fraction of sp³-hybridized carbons (Fsp3) is 0.182. The molecule has 0 fully saturated rings. The summed E-state index contributed by atoms with van der Waals surface area (Å²) in [5.41, 5.74) is 3.09. The Kier molecular flexibility index (Phi) is 5.97. The van der Waals surface area contributed by atoms with Crippen LogP contribution in [0.25, 0.3) is 22.6 Å². The van der Waals surface area contributed by atoms with Crippen LogP contribution in [0.5, 0.6) is 11.5 Å². The highest BCUT2D eigenvalue weighted by atomic mass is 19.4. The van der Waals surface area contributed by atoms with Crippen molar-refractivity contribution in [2.24, 2.45) is 0 Å². The Morgan fingerprint density at radius 1 is 1.09 bits per heavy atom. The number of carbonyl (C=O) groups excluding carboxylic acids is 1. The molecule has 12 heteroatoms. The van der Waals surface area contributed by atoms with Gasteiger partial charge in [0.05, 0.1) is 42.4 Å². The van der Waals surface area contributed by atoms with Crippen molar-refractivity contribution in [1.82, 2.24) is 24.5 Å². The van der Waals surface area contributed by atoms with E-state index >= 15 is 0 Å². The molecule has 4 rings (SSSR count). The maximum atomic E-state index is 12.7. The highest BCUT2D eigenvalue weighted by Gasteiger charge is 2.31. The molecule has 1 N–H and O–H groups in total. The van der Waals surface area contributed by atoms with Gasteiger partial charge >= 0.3 is 6.36 Å². The molecule has 2 aromatic heterocycles. The van der Waals surface area contributed by atoms with Crippen molar-refractivity contribution in [2.45, 2.75) is 20.2 Å². The maximum absolute atomic E-state index is 12.7. The lowest BCUT2D eigenvalue weighted by Gasteiger charge is -2.13. The molecule has 9 nitrogen and oxygen atoms in total. The molecule has 0 aliphatic carbocycles. The molecule has 34 heavy (non-hydrogen) atoms. The Labute approximate surface area is 191 Å². The third-order valence-corrected chi connectivity index (χ3v) is 4.72. The van der Waals surface area contributed by atoms with Crippen molar-refractivity contribution >= 4 is 11.6 Å². The number of halogens is 3. The average Bonchev–Trinajstić information content (AvgIpc) is 3.42. The van der Waals surface area contributed by atoms with E-state index in [-0.39, 0.29) is 11.4 Å². The molecular weight excluding hydrogens is 453 g/mol. The normalized spacial score (nSPS) is 11.4. The number of imidazole rings is 1. The Bertz CT molecular complexity index is 1350. The van der Waals surface area contributed by atoms with Crippen LogP contribution in [0.2, 0.25) is 0 Å². The smallest absolute Gasteiger partial charge is 0.495 e. The number of benzene rings is 2. The number of ether oxygens (including phenoxy) is 2. The number of rotatable bonds is 6. The second-order valence-corrected chi connectivity index (χ2v) is 7.27. The molecule has 0 aliphatic rings. The Morgan fingerprint density at radius 3 is 2.53 bits per heavy atom. The predicted molar refractivity (Wildman–Crippen MR) is 116 cm³/mol. The van der Waals surface area contributed by atoms with Crippen LogP contribution in [0.1, 0.15) is 12.6 Å². The highest BCUT2D eigenvalue weighted by molar-refractivity contribution is 5.91. The van der Waals surface area contributed by atoms with Gasteiger partial charge in [-0.1, -0.05) is 11.3 Å². The van der Waals surface area contributed by atoms with Crippen molar-refractivity contribution in [3.63, 3.8) is 0 Å². The van der Waals surface area contributed by atoms with Crippen molar-refractivity contribution in [1.29, 1.82) is 0 Å². The molecule has 0 atom stereocenters. The number of hydrogen-bond acceptors (Lipinski definition) is 6. The van der Waals surface area contributed by atoms with Crippen LogP contribution in [-0.2, 0) is 4.79 Å². The summed E-state index contributed by atoms with van der Waals surface area (Å²) >= 11 is 0. The maximum Gasteiger partial charge on any atom is 0.573 e. The van der Waals surface area contributed by atoms with E-state index in [9.17, 15) is 18.0 Å². The number of nitrogens with one attached hydrogen (secondary N) is 1. The van der Waals surface area contributed by atoms with Crippen molar-refractivity contribution < 1.29 is 27.4 Å². The van der Waals surface area contributed by atoms with Gasteiger partial charge in [0.25, 0.3) is 0 Å². The van der Waals surface area contributed by atoms with Gasteiger partial charge in [0.15, 0.2) is 0 Å². The molecule has 2 aromatic carbocycles. The molecule has 0 radical (unpaired) electrons. The minimum atomic E-state index is -4.87. The van der Waals surface area contributed by atoms with Crippen LogP contribution in [0.3, 0.4) is 0 Å². The number of nitrogens with zero attached hydrogens (tertiary/aromatic N) is 5. The highest BCUT2D eigenvalue weighted by Crippen LogP contribution is 2.32. The van der Waals surface area contributed by atoms with Gasteiger partial charge < -0.3 is 19.4 Å². The van der Waals surface area contributed by atoms with Crippen LogP contribution in [0, 0.1) is 6.92 Å². The second-order valence-electron chi connectivity index (χ2n) is 7.27. The zero-order valence-electron chi connectivity index (χ0n) is 18.3. The summed E-state index contributed by atoms with van der Waals surface area (Å²) < 4.78 is 50.7. The van der Waals surface area contributed by atoms with Gasteiger partial charge in [0.1, 0.15) is 17.2 Å². The Morgan fingerprint density at radius 2 is 1.88 bits per heavy atom. The topological polar surface area (TPSA) is 96.1 Å². The SMILES string of the molecule is COc1cc(-c2cn(-c3cc(OC(F)(F)F)ccc3NC(C)=O)nn2)ccc1-n1cnc(C)c1. The third kappa shape index (κ3) is 5.00. The number of carbonyl (C=O) groups is 1. The van der Waals surface area contributed by atoms with Gasteiger partial charge in [-0.25, -0.2) is 9.67 Å². The van der Waals surface area contributed by atoms with Gasteiger partial charge in [0.2, 0.25) is 5.91 Å². The lowest BCUT2D eigenvalue weighted by atomic mass is 10.1. The Hall–Kier alpha value is -4.35. The average molecular weight is 472 g/mol. The first kappa shape index (κ1) is 22.8.